The molecule has 5 aromatic carbocycles. The van der Waals surface area contributed by atoms with E-state index in [4.69, 9.17) is 9.97 Å². The second-order valence-electron chi connectivity index (χ2n) is 13.8. The number of benzene rings is 5. The summed E-state index contributed by atoms with van der Waals surface area (Å²) in [5.41, 5.74) is 13.5. The van der Waals surface area contributed by atoms with Gasteiger partial charge in [0, 0.05) is 64.2 Å². The second kappa shape index (κ2) is 12.1. The van der Waals surface area contributed by atoms with Gasteiger partial charge in [0.2, 0.25) is 0 Å². The number of anilines is 3. The van der Waals surface area contributed by atoms with Crippen LogP contribution < -0.4 is 10.2 Å². The van der Waals surface area contributed by atoms with Gasteiger partial charge in [0.25, 0.3) is 0 Å². The largest absolute Gasteiger partial charge is 0.387 e. The number of pyridine rings is 3. The number of fused-ring (bicyclic) bond motifs is 5. The number of hydrogen-bond acceptors (Lipinski definition) is 5. The zero-order valence-corrected chi connectivity index (χ0v) is 29.2. The molecule has 254 valence electrons. The number of dihydropyridines is 1. The average Bonchev–Trinajstić information content (AvgIpc) is 3.57. The van der Waals surface area contributed by atoms with Gasteiger partial charge in [-0.3, -0.25) is 14.5 Å². The smallest absolute Gasteiger partial charge is 0.137 e. The van der Waals surface area contributed by atoms with Crippen LogP contribution in [0.3, 0.4) is 0 Å². The van der Waals surface area contributed by atoms with E-state index in [1.807, 2.05) is 36.9 Å². The highest BCUT2D eigenvalue weighted by molar-refractivity contribution is 6.19. The molecular formula is C48H32N6. The van der Waals surface area contributed by atoms with Gasteiger partial charge in [-0.05, 0) is 106 Å². The zero-order chi connectivity index (χ0) is 35.6. The molecule has 0 radical (unpaired) electrons. The fraction of sp³-hybridized carbons (Fsp3) is 0.0208. The van der Waals surface area contributed by atoms with Gasteiger partial charge >= 0.3 is 0 Å². The molecule has 4 aromatic heterocycles. The van der Waals surface area contributed by atoms with Crippen LogP contribution in [-0.4, -0.2) is 26.1 Å². The maximum atomic E-state index is 5.13. The van der Waals surface area contributed by atoms with Gasteiger partial charge < -0.3 is 5.32 Å². The van der Waals surface area contributed by atoms with Crippen molar-refractivity contribution in [2.45, 2.75) is 0 Å². The summed E-state index contributed by atoms with van der Waals surface area (Å²) >= 11 is 0. The predicted molar refractivity (Wildman–Crippen MR) is 221 cm³/mol. The fourth-order valence-corrected chi connectivity index (χ4v) is 8.21. The number of nitrogens with one attached hydrogen (secondary N) is 1. The van der Waals surface area contributed by atoms with E-state index >= 15 is 0 Å². The molecule has 6 nitrogen and oxygen atoms in total. The first-order chi connectivity index (χ1) is 26.8. The molecule has 0 atom stereocenters. The summed E-state index contributed by atoms with van der Waals surface area (Å²) in [6, 6.07) is 47.9. The molecule has 2 aliphatic heterocycles. The lowest BCUT2D eigenvalue weighted by Crippen LogP contribution is -2.17. The van der Waals surface area contributed by atoms with Crippen LogP contribution in [0.2, 0.25) is 0 Å². The van der Waals surface area contributed by atoms with E-state index in [9.17, 15) is 0 Å². The fourth-order valence-electron chi connectivity index (χ4n) is 8.21. The summed E-state index contributed by atoms with van der Waals surface area (Å²) in [4.78, 5) is 16.9. The van der Waals surface area contributed by atoms with E-state index in [0.29, 0.717) is 0 Å². The summed E-state index contributed by atoms with van der Waals surface area (Å²) in [5.74, 6) is 1.72. The maximum Gasteiger partial charge on any atom is 0.137 e. The van der Waals surface area contributed by atoms with Gasteiger partial charge in [0.05, 0.1) is 22.4 Å². The molecule has 0 bridgehead atoms. The molecule has 6 heteroatoms. The van der Waals surface area contributed by atoms with E-state index in [1.165, 1.54) is 49.4 Å². The van der Waals surface area contributed by atoms with Crippen molar-refractivity contribution in [2.24, 2.45) is 0 Å². The third-order valence-corrected chi connectivity index (χ3v) is 10.8. The van der Waals surface area contributed by atoms with Crippen molar-refractivity contribution in [3.8, 4) is 39.2 Å². The second-order valence-corrected chi connectivity index (χ2v) is 13.8. The van der Waals surface area contributed by atoms with E-state index in [-0.39, 0.29) is 0 Å². The highest BCUT2D eigenvalue weighted by Crippen LogP contribution is 2.52. The van der Waals surface area contributed by atoms with Crippen LogP contribution >= 0.6 is 0 Å². The van der Waals surface area contributed by atoms with Crippen molar-refractivity contribution in [3.63, 3.8) is 0 Å². The summed E-state index contributed by atoms with van der Waals surface area (Å²) in [6.07, 6.45) is 13.8. The Morgan fingerprint density at radius 1 is 0.537 bits per heavy atom. The van der Waals surface area contributed by atoms with Gasteiger partial charge in [-0.15, -0.1) is 0 Å². The van der Waals surface area contributed by atoms with Gasteiger partial charge in [0.15, 0.2) is 0 Å². The summed E-state index contributed by atoms with van der Waals surface area (Å²) in [6.45, 7) is 0.780. The van der Waals surface area contributed by atoms with E-state index < -0.39 is 0 Å². The highest BCUT2D eigenvalue weighted by atomic mass is 15.2. The predicted octanol–water partition coefficient (Wildman–Crippen LogP) is 11.4. The highest BCUT2D eigenvalue weighted by Gasteiger charge is 2.29. The van der Waals surface area contributed by atoms with Crippen LogP contribution in [0.1, 0.15) is 5.56 Å². The lowest BCUT2D eigenvalue weighted by molar-refractivity contribution is 0.984. The Morgan fingerprint density at radius 3 is 2.11 bits per heavy atom. The Labute approximate surface area is 312 Å². The molecule has 11 rings (SSSR count). The quantitative estimate of drug-likeness (QED) is 0.195. The minimum atomic E-state index is 0.780. The van der Waals surface area contributed by atoms with Crippen LogP contribution in [0.5, 0.6) is 0 Å². The molecule has 1 N–H and O–H groups in total. The Bertz CT molecular complexity index is 2960. The van der Waals surface area contributed by atoms with Crippen molar-refractivity contribution in [2.75, 3.05) is 11.4 Å². The third-order valence-electron chi connectivity index (χ3n) is 10.8. The van der Waals surface area contributed by atoms with Crippen LogP contribution in [0.4, 0.5) is 17.2 Å². The summed E-state index contributed by atoms with van der Waals surface area (Å²) < 4.78 is 2.30. The Kier molecular flexibility index (Phi) is 6.82. The Hall–Kier alpha value is -7.31. The molecular weight excluding hydrogens is 661 g/mol. The topological polar surface area (TPSA) is 58.9 Å². The number of aromatic nitrogens is 4. The van der Waals surface area contributed by atoms with E-state index in [1.54, 1.807) is 6.20 Å². The van der Waals surface area contributed by atoms with Crippen LogP contribution in [-0.2, 0) is 0 Å². The molecule has 0 spiro atoms. The van der Waals surface area contributed by atoms with E-state index in [0.717, 1.165) is 57.3 Å². The Morgan fingerprint density at radius 2 is 1.31 bits per heavy atom. The van der Waals surface area contributed by atoms with Crippen molar-refractivity contribution >= 4 is 55.3 Å². The molecule has 0 amide bonds. The zero-order valence-electron chi connectivity index (χ0n) is 29.2. The number of rotatable bonds is 5. The van der Waals surface area contributed by atoms with Crippen molar-refractivity contribution < 1.29 is 0 Å². The lowest BCUT2D eigenvalue weighted by atomic mass is 9.90. The molecule has 0 fully saturated rings. The first kappa shape index (κ1) is 30.3. The molecule has 0 unspecified atom stereocenters. The molecule has 0 saturated heterocycles. The summed E-state index contributed by atoms with van der Waals surface area (Å²) in [5, 5.41) is 8.10. The minimum absolute atomic E-state index is 0.780. The number of nitrogens with zero attached hydrogens (tertiary/aromatic N) is 5. The SMILES string of the molecule is C1=CNCC(c2ccc(N3c4cc5c(cc4-c4cccc6cccc3c46)c3cc(-c4ccccc4)ccc3n5-c3ccc(-c4cccnc4)cn3)nc2)=C1. The van der Waals surface area contributed by atoms with Gasteiger partial charge in [-0.2, -0.15) is 0 Å². The Balaban J connectivity index is 1.18. The van der Waals surface area contributed by atoms with Crippen LogP contribution in [0.25, 0.3) is 77.3 Å². The summed E-state index contributed by atoms with van der Waals surface area (Å²) in [7, 11) is 0. The van der Waals surface area contributed by atoms with E-state index in [2.05, 4.69) is 153 Å². The molecule has 54 heavy (non-hydrogen) atoms. The molecule has 9 aromatic rings. The third kappa shape index (κ3) is 4.77. The number of hydrogen-bond donors (Lipinski definition) is 1. The lowest BCUT2D eigenvalue weighted by Gasteiger charge is -2.33. The van der Waals surface area contributed by atoms with Crippen molar-refractivity contribution in [3.05, 3.63) is 182 Å². The number of allylic oxidation sites excluding steroid dienone is 2. The van der Waals surface area contributed by atoms with Gasteiger partial charge in [0.1, 0.15) is 11.6 Å². The normalized spacial score (nSPS) is 13.3. The molecule has 0 saturated carbocycles. The molecule has 2 aliphatic rings. The van der Waals surface area contributed by atoms with Crippen molar-refractivity contribution in [1.29, 1.82) is 0 Å². The minimum Gasteiger partial charge on any atom is -0.387 e. The van der Waals surface area contributed by atoms with Crippen LogP contribution in [0, 0.1) is 0 Å². The standard InChI is InChI=1S/C48H32N6/c1-2-8-31(9-3-1)33-16-19-42-39(24-33)41-25-40-38-14-4-10-32-11-5-15-43(48(32)38)54(47-21-18-37(30-52-47)35-13-7-23-50-28-35)44(40)26-45(41)53(42)46-20-17-36(29-51-46)34-12-6-22-49-27-34/h1-27,29-30,50H,28H2. The van der Waals surface area contributed by atoms with Gasteiger partial charge in [-0.1, -0.05) is 78.9 Å². The molecule has 6 heterocycles. The molecule has 0 aliphatic carbocycles. The van der Waals surface area contributed by atoms with Crippen LogP contribution in [0.15, 0.2) is 177 Å². The first-order valence-electron chi connectivity index (χ1n) is 18.2. The van der Waals surface area contributed by atoms with Gasteiger partial charge in [-0.25, -0.2) is 9.97 Å². The maximum absolute atomic E-state index is 5.13. The average molecular weight is 693 g/mol. The monoisotopic (exact) mass is 692 g/mol. The van der Waals surface area contributed by atoms with Crippen molar-refractivity contribution in [1.82, 2.24) is 24.8 Å². The first-order valence-corrected chi connectivity index (χ1v) is 18.2.